The van der Waals surface area contributed by atoms with Crippen molar-refractivity contribution >= 4 is 46.7 Å². The molecule has 2 aliphatic rings. The van der Waals surface area contributed by atoms with Crippen LogP contribution in [0.25, 0.3) is 10.9 Å². The highest BCUT2D eigenvalue weighted by Crippen LogP contribution is 2.29. The molecule has 1 saturated heterocycles. The van der Waals surface area contributed by atoms with E-state index < -0.39 is 6.04 Å². The van der Waals surface area contributed by atoms with Crippen molar-refractivity contribution in [3.05, 3.63) is 47.5 Å². The van der Waals surface area contributed by atoms with Crippen molar-refractivity contribution in [1.82, 2.24) is 24.4 Å². The molecule has 0 aliphatic carbocycles. The summed E-state index contributed by atoms with van der Waals surface area (Å²) in [6, 6.07) is 8.86. The van der Waals surface area contributed by atoms with Gasteiger partial charge in [0.1, 0.15) is 11.9 Å². The molecule has 0 unspecified atom stereocenters. The van der Waals surface area contributed by atoms with Gasteiger partial charge in [0, 0.05) is 50.4 Å². The van der Waals surface area contributed by atoms with E-state index in [1.165, 1.54) is 4.57 Å². The topological polar surface area (TPSA) is 96.2 Å². The molecule has 0 bridgehead atoms. The molecule has 1 fully saturated rings. The van der Waals surface area contributed by atoms with Crippen LogP contribution in [-0.4, -0.2) is 68.5 Å². The Labute approximate surface area is 183 Å². The fraction of sp³-hybridized carbons (Fsp3) is 0.333. The maximum atomic E-state index is 12.9. The number of para-hydroxylation sites is 1. The zero-order valence-electron chi connectivity index (χ0n) is 16.8. The second-order valence-corrected chi connectivity index (χ2v) is 7.95. The van der Waals surface area contributed by atoms with E-state index in [9.17, 15) is 9.59 Å². The first-order chi connectivity index (χ1) is 15.1. The summed E-state index contributed by atoms with van der Waals surface area (Å²) >= 11 is 5.33. The smallest absolute Gasteiger partial charge is 0.257 e. The van der Waals surface area contributed by atoms with Crippen LogP contribution in [0.15, 0.2) is 42.7 Å². The van der Waals surface area contributed by atoms with Crippen molar-refractivity contribution in [1.29, 1.82) is 0 Å². The van der Waals surface area contributed by atoms with Gasteiger partial charge in [0.05, 0.1) is 5.52 Å². The predicted octanol–water partition coefficient (Wildman–Crippen LogP) is 2.12. The van der Waals surface area contributed by atoms with Gasteiger partial charge in [0.2, 0.25) is 16.6 Å². The number of benzene rings is 1. The summed E-state index contributed by atoms with van der Waals surface area (Å²) in [5.74, 6) is 1.24. The lowest BCUT2D eigenvalue weighted by Gasteiger charge is -2.34. The van der Waals surface area contributed by atoms with Gasteiger partial charge in [-0.3, -0.25) is 9.59 Å². The average Bonchev–Trinajstić information content (AvgIpc) is 3.15. The molecule has 2 aromatic heterocycles. The van der Waals surface area contributed by atoms with E-state index in [4.69, 9.17) is 12.2 Å². The summed E-state index contributed by atoms with van der Waals surface area (Å²) in [4.78, 5) is 42.5. The fourth-order valence-corrected chi connectivity index (χ4v) is 4.38. The molecule has 10 heteroatoms. The Balaban J connectivity index is 1.21. The third-order valence-electron chi connectivity index (χ3n) is 5.73. The zero-order valence-corrected chi connectivity index (χ0v) is 17.6. The predicted molar refractivity (Wildman–Crippen MR) is 119 cm³/mol. The van der Waals surface area contributed by atoms with Crippen molar-refractivity contribution in [3.8, 4) is 0 Å². The number of fused-ring (bicyclic) bond motifs is 3. The fourth-order valence-electron chi connectivity index (χ4n) is 4.10. The Hall–Kier alpha value is -3.40. The maximum absolute atomic E-state index is 12.9. The van der Waals surface area contributed by atoms with E-state index in [0.717, 1.165) is 10.9 Å². The largest absolute Gasteiger partial charge is 0.359 e. The van der Waals surface area contributed by atoms with Crippen LogP contribution in [0.1, 0.15) is 17.6 Å². The highest BCUT2D eigenvalue weighted by Gasteiger charge is 2.33. The number of amides is 1. The third-order valence-corrected chi connectivity index (χ3v) is 6.01. The molecule has 2 aliphatic heterocycles. The van der Waals surface area contributed by atoms with E-state index in [2.05, 4.69) is 25.2 Å². The molecule has 158 valence electrons. The molecule has 1 aromatic carbocycles. The number of carbonyl (C=O) groups is 2. The molecule has 1 amide bonds. The monoisotopic (exact) mass is 435 g/mol. The summed E-state index contributed by atoms with van der Waals surface area (Å²) in [5, 5.41) is 4.11. The quantitative estimate of drug-likeness (QED) is 0.623. The first-order valence-electron chi connectivity index (χ1n) is 10.2. The minimum absolute atomic E-state index is 0.0470. The van der Waals surface area contributed by atoms with E-state index in [1.807, 2.05) is 29.2 Å². The lowest BCUT2D eigenvalue weighted by atomic mass is 10.1. The Kier molecular flexibility index (Phi) is 5.06. The van der Waals surface area contributed by atoms with Crippen molar-refractivity contribution in [2.24, 2.45) is 0 Å². The lowest BCUT2D eigenvalue weighted by molar-refractivity contribution is -0.131. The number of nitrogens with zero attached hydrogens (tertiary/aromatic N) is 6. The van der Waals surface area contributed by atoms with Crippen LogP contribution >= 0.6 is 12.2 Å². The van der Waals surface area contributed by atoms with E-state index in [0.29, 0.717) is 44.4 Å². The van der Waals surface area contributed by atoms with Crippen molar-refractivity contribution in [3.63, 3.8) is 0 Å². The lowest BCUT2D eigenvalue weighted by Crippen LogP contribution is -2.49. The van der Waals surface area contributed by atoms with Gasteiger partial charge in [0.25, 0.3) is 5.91 Å². The molecule has 0 spiro atoms. The molecule has 31 heavy (non-hydrogen) atoms. The van der Waals surface area contributed by atoms with Crippen molar-refractivity contribution in [2.75, 3.05) is 36.4 Å². The van der Waals surface area contributed by atoms with Gasteiger partial charge in [-0.05, 0) is 36.8 Å². The SMILES string of the molecule is O=C(CC[C@@H]1Nc2c3ccccc3nc(=S)n2C1=O)N1CCN(c2ncccn2)CC1. The number of piperazine rings is 1. The van der Waals surface area contributed by atoms with Crippen LogP contribution in [0, 0.1) is 4.77 Å². The maximum Gasteiger partial charge on any atom is 0.257 e. The van der Waals surface area contributed by atoms with Crippen LogP contribution in [0.3, 0.4) is 0 Å². The van der Waals surface area contributed by atoms with Crippen molar-refractivity contribution in [2.45, 2.75) is 18.9 Å². The van der Waals surface area contributed by atoms with Gasteiger partial charge in [-0.2, -0.15) is 0 Å². The Morgan fingerprint density at radius 2 is 1.84 bits per heavy atom. The number of hydrogen-bond donors (Lipinski definition) is 1. The van der Waals surface area contributed by atoms with Gasteiger partial charge in [-0.25, -0.2) is 19.5 Å². The molecule has 5 rings (SSSR count). The normalized spacial score (nSPS) is 18.2. The summed E-state index contributed by atoms with van der Waals surface area (Å²) in [7, 11) is 0. The number of anilines is 2. The first-order valence-corrected chi connectivity index (χ1v) is 10.6. The number of rotatable bonds is 4. The highest BCUT2D eigenvalue weighted by atomic mass is 32.1. The minimum atomic E-state index is -0.489. The Bertz CT molecular complexity index is 1210. The second kappa shape index (κ2) is 8.03. The molecule has 1 N–H and O–H groups in total. The van der Waals surface area contributed by atoms with Gasteiger partial charge >= 0.3 is 0 Å². The number of hydrogen-bond acceptors (Lipinski definition) is 8. The molecular weight excluding hydrogens is 414 g/mol. The van der Waals surface area contributed by atoms with E-state index in [1.54, 1.807) is 18.5 Å². The number of carbonyl (C=O) groups excluding carboxylic acids is 2. The number of aromatic nitrogens is 4. The molecule has 3 aromatic rings. The second-order valence-electron chi connectivity index (χ2n) is 7.59. The summed E-state index contributed by atoms with van der Waals surface area (Å²) in [6.07, 6.45) is 4.13. The van der Waals surface area contributed by atoms with E-state index >= 15 is 0 Å². The summed E-state index contributed by atoms with van der Waals surface area (Å²) < 4.78 is 1.69. The molecule has 0 radical (unpaired) electrons. The van der Waals surface area contributed by atoms with Gasteiger partial charge < -0.3 is 15.1 Å². The van der Waals surface area contributed by atoms with Crippen LogP contribution in [0.2, 0.25) is 0 Å². The van der Waals surface area contributed by atoms with Crippen LogP contribution in [0.5, 0.6) is 0 Å². The van der Waals surface area contributed by atoms with Gasteiger partial charge in [0.15, 0.2) is 0 Å². The highest BCUT2D eigenvalue weighted by molar-refractivity contribution is 7.71. The number of nitrogens with one attached hydrogen (secondary N) is 1. The zero-order chi connectivity index (χ0) is 21.4. The molecule has 0 saturated carbocycles. The van der Waals surface area contributed by atoms with Crippen LogP contribution in [0.4, 0.5) is 11.8 Å². The Morgan fingerprint density at radius 3 is 2.61 bits per heavy atom. The molecular formula is C21H21N7O2S. The first kappa shape index (κ1) is 19.6. The van der Waals surface area contributed by atoms with Gasteiger partial charge in [-0.15, -0.1) is 0 Å². The molecule has 1 atom stereocenters. The van der Waals surface area contributed by atoms with Crippen molar-refractivity contribution < 1.29 is 9.59 Å². The summed E-state index contributed by atoms with van der Waals surface area (Å²) in [5.41, 5.74) is 0.746. The molecule has 9 nitrogen and oxygen atoms in total. The standard InChI is InChI=1S/C21H21N7O2S/c29-17(26-10-12-27(13-11-26)20-22-8-3-9-23-20)7-6-16-19(30)28-18(24-16)14-4-1-2-5-15(14)25-21(28)31/h1-5,8-9,16,24H,6-7,10-13H2/t16-/m0/s1. The van der Waals surface area contributed by atoms with Crippen LogP contribution in [-0.2, 0) is 4.79 Å². The Morgan fingerprint density at radius 1 is 1.10 bits per heavy atom. The average molecular weight is 436 g/mol. The van der Waals surface area contributed by atoms with Gasteiger partial charge in [-0.1, -0.05) is 12.1 Å². The van der Waals surface area contributed by atoms with Crippen LogP contribution < -0.4 is 10.2 Å². The minimum Gasteiger partial charge on any atom is -0.359 e. The molecule has 4 heterocycles. The summed E-state index contributed by atoms with van der Waals surface area (Å²) in [6.45, 7) is 2.61. The third kappa shape index (κ3) is 3.63. The van der Waals surface area contributed by atoms with E-state index in [-0.39, 0.29) is 23.0 Å².